The highest BCUT2D eigenvalue weighted by Crippen LogP contribution is 2.36. The average molecular weight is 382 g/mol. The largest absolute Gasteiger partial charge is 0.493 e. The summed E-state index contributed by atoms with van der Waals surface area (Å²) in [5.74, 6) is 1.87. The summed E-state index contributed by atoms with van der Waals surface area (Å²) in [5.41, 5.74) is 2.28. The molecule has 2 N–H and O–H groups in total. The van der Waals surface area contributed by atoms with Gasteiger partial charge < -0.3 is 19.8 Å². The number of halogens is 1. The minimum atomic E-state index is -0.168. The Labute approximate surface area is 165 Å². The lowest BCUT2D eigenvalue weighted by Crippen LogP contribution is -2.35. The van der Waals surface area contributed by atoms with E-state index in [9.17, 15) is 4.39 Å². The highest BCUT2D eigenvalue weighted by atomic mass is 19.1. The highest BCUT2D eigenvalue weighted by molar-refractivity contribution is 5.83. The van der Waals surface area contributed by atoms with E-state index in [1.807, 2.05) is 30.3 Å². The first kappa shape index (κ1) is 18.8. The van der Waals surface area contributed by atoms with Crippen LogP contribution in [0.5, 0.6) is 11.5 Å². The summed E-state index contributed by atoms with van der Waals surface area (Å²) in [7, 11) is 1.65. The third-order valence-corrected chi connectivity index (χ3v) is 5.70. The molecule has 0 atom stereocenters. The summed E-state index contributed by atoms with van der Waals surface area (Å²) in [6.45, 7) is 1.42. The number of aromatic nitrogens is 1. The second kappa shape index (κ2) is 8.65. The fraction of sp³-hybridized carbons (Fsp3) is 0.391. The van der Waals surface area contributed by atoms with Gasteiger partial charge >= 0.3 is 0 Å². The Bertz CT molecular complexity index is 916. The molecule has 5 heteroatoms. The molecule has 1 saturated carbocycles. The Hall–Kier alpha value is -2.53. The number of benzene rings is 2. The van der Waals surface area contributed by atoms with Gasteiger partial charge in [-0.3, -0.25) is 0 Å². The van der Waals surface area contributed by atoms with Gasteiger partial charge in [-0.2, -0.15) is 0 Å². The molecule has 1 aliphatic carbocycles. The fourth-order valence-electron chi connectivity index (χ4n) is 4.22. The molecule has 3 aromatic rings. The molecule has 0 amide bonds. The molecule has 148 valence electrons. The average Bonchev–Trinajstić information content (AvgIpc) is 3.15. The third-order valence-electron chi connectivity index (χ3n) is 5.70. The van der Waals surface area contributed by atoms with Crippen molar-refractivity contribution >= 4 is 10.9 Å². The van der Waals surface area contributed by atoms with Crippen molar-refractivity contribution in [3.05, 3.63) is 60.0 Å². The second-order valence-corrected chi connectivity index (χ2v) is 7.44. The lowest BCUT2D eigenvalue weighted by Gasteiger charge is -2.29. The number of nitrogens with one attached hydrogen (secondary N) is 2. The normalized spacial score (nSPS) is 19.6. The van der Waals surface area contributed by atoms with Crippen LogP contribution in [0.4, 0.5) is 4.39 Å². The molecule has 0 spiro atoms. The van der Waals surface area contributed by atoms with E-state index in [1.165, 1.54) is 11.6 Å². The molecule has 0 aliphatic heterocycles. The number of fused-ring (bicyclic) bond motifs is 1. The Morgan fingerprint density at radius 3 is 2.64 bits per heavy atom. The summed E-state index contributed by atoms with van der Waals surface area (Å²) in [6, 6.07) is 13.2. The van der Waals surface area contributed by atoms with E-state index in [2.05, 4.69) is 16.5 Å². The van der Waals surface area contributed by atoms with Crippen molar-refractivity contribution < 1.29 is 13.9 Å². The van der Waals surface area contributed by atoms with E-state index in [0.29, 0.717) is 18.6 Å². The molecule has 0 unspecified atom stereocenters. The molecule has 0 saturated heterocycles. The summed E-state index contributed by atoms with van der Waals surface area (Å²) in [5, 5.41) is 4.64. The minimum absolute atomic E-state index is 0.168. The lowest BCUT2D eigenvalue weighted by molar-refractivity contribution is 0.271. The van der Waals surface area contributed by atoms with E-state index in [-0.39, 0.29) is 5.82 Å². The summed E-state index contributed by atoms with van der Waals surface area (Å²) in [4.78, 5) is 3.28. The summed E-state index contributed by atoms with van der Waals surface area (Å²) < 4.78 is 24.8. The standard InChI is InChI=1S/C23H27FN2O2/c1-27-22-4-2-3-5-23(22)28-13-12-25-18-9-6-16(7-10-18)20-15-26-21-11-8-17(24)14-19(20)21/h2-5,8,11,14-16,18,25-26H,6-7,9-10,12-13H2,1H3. The van der Waals surface area contributed by atoms with Crippen LogP contribution in [0, 0.1) is 5.82 Å². The van der Waals surface area contributed by atoms with E-state index in [4.69, 9.17) is 9.47 Å². The molecule has 0 radical (unpaired) electrons. The van der Waals surface area contributed by atoms with Gasteiger partial charge in [0, 0.05) is 29.7 Å². The molecule has 1 aromatic heterocycles. The number of hydrogen-bond acceptors (Lipinski definition) is 3. The van der Waals surface area contributed by atoms with Crippen molar-refractivity contribution in [3.63, 3.8) is 0 Å². The zero-order valence-electron chi connectivity index (χ0n) is 16.2. The smallest absolute Gasteiger partial charge is 0.161 e. The Morgan fingerprint density at radius 2 is 1.86 bits per heavy atom. The molecule has 4 rings (SSSR count). The minimum Gasteiger partial charge on any atom is -0.493 e. The Balaban J connectivity index is 1.25. The van der Waals surface area contributed by atoms with Gasteiger partial charge in [0.15, 0.2) is 11.5 Å². The summed E-state index contributed by atoms with van der Waals surface area (Å²) >= 11 is 0. The van der Waals surface area contributed by atoms with Gasteiger partial charge in [-0.05, 0) is 67.5 Å². The van der Waals surface area contributed by atoms with E-state index in [0.717, 1.165) is 54.6 Å². The van der Waals surface area contributed by atoms with Crippen LogP contribution in [0.2, 0.25) is 0 Å². The highest BCUT2D eigenvalue weighted by Gasteiger charge is 2.24. The maximum absolute atomic E-state index is 13.6. The zero-order valence-corrected chi connectivity index (χ0v) is 16.2. The van der Waals surface area contributed by atoms with Gasteiger partial charge in [0.25, 0.3) is 0 Å². The van der Waals surface area contributed by atoms with Crippen LogP contribution in [-0.4, -0.2) is 31.3 Å². The molecule has 28 heavy (non-hydrogen) atoms. The van der Waals surface area contributed by atoms with Crippen LogP contribution in [0.3, 0.4) is 0 Å². The molecular weight excluding hydrogens is 355 g/mol. The van der Waals surface area contributed by atoms with Crippen LogP contribution in [-0.2, 0) is 0 Å². The maximum atomic E-state index is 13.6. The predicted octanol–water partition coefficient (Wildman–Crippen LogP) is 5.01. The van der Waals surface area contributed by atoms with Crippen molar-refractivity contribution in [1.29, 1.82) is 0 Å². The number of aromatic amines is 1. The van der Waals surface area contributed by atoms with Gasteiger partial charge in [0.05, 0.1) is 7.11 Å². The van der Waals surface area contributed by atoms with E-state index >= 15 is 0 Å². The lowest BCUT2D eigenvalue weighted by atomic mass is 9.81. The zero-order chi connectivity index (χ0) is 19.3. The van der Waals surface area contributed by atoms with Crippen molar-refractivity contribution in [1.82, 2.24) is 10.3 Å². The quantitative estimate of drug-likeness (QED) is 0.565. The van der Waals surface area contributed by atoms with Crippen molar-refractivity contribution in [2.75, 3.05) is 20.3 Å². The molecule has 0 bridgehead atoms. The van der Waals surface area contributed by atoms with Crippen molar-refractivity contribution in [2.24, 2.45) is 0 Å². The first-order valence-corrected chi connectivity index (χ1v) is 10.0. The van der Waals surface area contributed by atoms with E-state index < -0.39 is 0 Å². The number of H-pyrrole nitrogens is 1. The van der Waals surface area contributed by atoms with Crippen molar-refractivity contribution in [3.8, 4) is 11.5 Å². The number of hydrogen-bond donors (Lipinski definition) is 2. The second-order valence-electron chi connectivity index (χ2n) is 7.44. The van der Waals surface area contributed by atoms with E-state index in [1.54, 1.807) is 13.2 Å². The third kappa shape index (κ3) is 4.14. The van der Waals surface area contributed by atoms with Crippen LogP contribution >= 0.6 is 0 Å². The first-order valence-electron chi connectivity index (χ1n) is 10.0. The van der Waals surface area contributed by atoms with Gasteiger partial charge in [0.2, 0.25) is 0 Å². The van der Waals surface area contributed by atoms with Gasteiger partial charge in [-0.1, -0.05) is 12.1 Å². The number of para-hydroxylation sites is 2. The number of ether oxygens (including phenoxy) is 2. The van der Waals surface area contributed by atoms with Crippen molar-refractivity contribution in [2.45, 2.75) is 37.6 Å². The SMILES string of the molecule is COc1ccccc1OCCNC1CCC(c2c[nH]c3ccc(F)cc23)CC1. The molecular formula is C23H27FN2O2. The Kier molecular flexibility index (Phi) is 5.81. The predicted molar refractivity (Wildman–Crippen MR) is 110 cm³/mol. The van der Waals surface area contributed by atoms with Crippen LogP contribution in [0.1, 0.15) is 37.2 Å². The molecule has 2 aromatic carbocycles. The topological polar surface area (TPSA) is 46.3 Å². The first-order chi connectivity index (χ1) is 13.7. The Morgan fingerprint density at radius 1 is 1.07 bits per heavy atom. The molecule has 4 nitrogen and oxygen atoms in total. The fourth-order valence-corrected chi connectivity index (χ4v) is 4.22. The molecule has 1 fully saturated rings. The van der Waals surface area contributed by atoms with Crippen LogP contribution < -0.4 is 14.8 Å². The van der Waals surface area contributed by atoms with Crippen LogP contribution in [0.25, 0.3) is 10.9 Å². The number of rotatable bonds is 7. The number of methoxy groups -OCH3 is 1. The summed E-state index contributed by atoms with van der Waals surface area (Å²) in [6.07, 6.45) is 6.55. The maximum Gasteiger partial charge on any atom is 0.161 e. The van der Waals surface area contributed by atoms with Crippen LogP contribution in [0.15, 0.2) is 48.7 Å². The van der Waals surface area contributed by atoms with Gasteiger partial charge in [-0.15, -0.1) is 0 Å². The monoisotopic (exact) mass is 382 g/mol. The van der Waals surface area contributed by atoms with Gasteiger partial charge in [-0.25, -0.2) is 4.39 Å². The molecule has 1 heterocycles. The molecule has 1 aliphatic rings. The van der Waals surface area contributed by atoms with Gasteiger partial charge in [0.1, 0.15) is 12.4 Å².